The predicted molar refractivity (Wildman–Crippen MR) is 158 cm³/mol. The standard InChI is InChI=1S/C32H59O6P/c1-6-7-11-28(37-20-18-36-19-21-38-39(33,34)35)23-26-12-13-29-27(22-26)16-17-32(5)30(14-15-31(29)32)25(4)10-8-9-24(2)3/h12,24-25,27-31H,6-11,13-23H2,1-5H3,(H2,33,34,35)/t25-,27-,28+,29-,30-,31+,32-/m1/s1. The van der Waals surface area contributed by atoms with Crippen molar-refractivity contribution in [2.45, 2.75) is 124 Å². The van der Waals surface area contributed by atoms with Gasteiger partial charge in [0.2, 0.25) is 0 Å². The van der Waals surface area contributed by atoms with Crippen LogP contribution in [-0.4, -0.2) is 42.3 Å². The fourth-order valence-electron chi connectivity index (χ4n) is 8.45. The Bertz CT molecular complexity index is 794. The van der Waals surface area contributed by atoms with Crippen LogP contribution in [0.1, 0.15) is 118 Å². The molecule has 0 radical (unpaired) electrons. The molecule has 3 aliphatic rings. The number of unbranched alkanes of at least 4 members (excludes halogenated alkanes) is 1. The summed E-state index contributed by atoms with van der Waals surface area (Å²) in [7, 11) is -4.42. The molecule has 0 amide bonds. The first kappa shape index (κ1) is 33.3. The van der Waals surface area contributed by atoms with Crippen LogP contribution in [0.25, 0.3) is 0 Å². The fourth-order valence-corrected chi connectivity index (χ4v) is 8.76. The Morgan fingerprint density at radius 1 is 1.03 bits per heavy atom. The van der Waals surface area contributed by atoms with Crippen molar-refractivity contribution in [1.82, 2.24) is 0 Å². The molecule has 3 aliphatic carbocycles. The minimum Gasteiger partial charge on any atom is -0.377 e. The highest BCUT2D eigenvalue weighted by Crippen LogP contribution is 2.63. The summed E-state index contributed by atoms with van der Waals surface area (Å²) in [5.41, 5.74) is 2.15. The normalized spacial score (nSPS) is 30.6. The number of allylic oxidation sites excluding steroid dienone is 1. The largest absolute Gasteiger partial charge is 0.469 e. The molecule has 228 valence electrons. The van der Waals surface area contributed by atoms with Crippen molar-refractivity contribution < 1.29 is 28.3 Å². The molecule has 2 saturated carbocycles. The summed E-state index contributed by atoms with van der Waals surface area (Å²) in [5, 5.41) is 0. The summed E-state index contributed by atoms with van der Waals surface area (Å²) in [5.74, 6) is 5.24. The molecule has 2 N–H and O–H groups in total. The lowest BCUT2D eigenvalue weighted by Crippen LogP contribution is -2.43. The van der Waals surface area contributed by atoms with Crippen LogP contribution in [0.3, 0.4) is 0 Å². The summed E-state index contributed by atoms with van der Waals surface area (Å²) in [4.78, 5) is 17.5. The quantitative estimate of drug-likeness (QED) is 0.0979. The average Bonchev–Trinajstić information content (AvgIpc) is 3.23. The first-order chi connectivity index (χ1) is 18.5. The van der Waals surface area contributed by atoms with Crippen LogP contribution in [-0.2, 0) is 18.6 Å². The van der Waals surface area contributed by atoms with E-state index in [1.807, 2.05) is 0 Å². The van der Waals surface area contributed by atoms with Gasteiger partial charge in [0.25, 0.3) is 0 Å². The van der Waals surface area contributed by atoms with Crippen LogP contribution in [0.4, 0.5) is 0 Å². The molecule has 0 aromatic heterocycles. The molecule has 39 heavy (non-hydrogen) atoms. The molecule has 0 bridgehead atoms. The molecular weight excluding hydrogens is 511 g/mol. The zero-order valence-electron chi connectivity index (χ0n) is 25.6. The van der Waals surface area contributed by atoms with Crippen LogP contribution in [0.5, 0.6) is 0 Å². The average molecular weight is 571 g/mol. The van der Waals surface area contributed by atoms with Crippen molar-refractivity contribution in [3.05, 3.63) is 11.6 Å². The molecule has 0 saturated heterocycles. The molecule has 0 aliphatic heterocycles. The van der Waals surface area contributed by atoms with Crippen molar-refractivity contribution in [2.75, 3.05) is 26.4 Å². The third-order valence-corrected chi connectivity index (χ3v) is 10.9. The van der Waals surface area contributed by atoms with E-state index in [0.29, 0.717) is 18.6 Å². The van der Waals surface area contributed by atoms with E-state index in [2.05, 4.69) is 45.2 Å². The third kappa shape index (κ3) is 10.2. The van der Waals surface area contributed by atoms with Gasteiger partial charge in [0.15, 0.2) is 0 Å². The van der Waals surface area contributed by atoms with Gasteiger partial charge < -0.3 is 19.3 Å². The topological polar surface area (TPSA) is 85.2 Å². The lowest BCUT2D eigenvalue weighted by molar-refractivity contribution is -0.0140. The van der Waals surface area contributed by atoms with E-state index in [1.165, 1.54) is 57.8 Å². The van der Waals surface area contributed by atoms with E-state index in [4.69, 9.17) is 19.3 Å². The molecule has 7 heteroatoms. The highest BCUT2D eigenvalue weighted by Gasteiger charge is 2.54. The van der Waals surface area contributed by atoms with Crippen molar-refractivity contribution in [3.63, 3.8) is 0 Å². The monoisotopic (exact) mass is 570 g/mol. The molecule has 3 rings (SSSR count). The van der Waals surface area contributed by atoms with Crippen molar-refractivity contribution in [3.8, 4) is 0 Å². The summed E-state index contributed by atoms with van der Waals surface area (Å²) < 4.78 is 26.8. The first-order valence-electron chi connectivity index (χ1n) is 16.1. The molecule has 0 unspecified atom stereocenters. The molecule has 0 aromatic carbocycles. The number of phosphoric acid groups is 1. The maximum absolute atomic E-state index is 10.7. The number of fused-ring (bicyclic) bond motifs is 3. The first-order valence-corrected chi connectivity index (χ1v) is 17.6. The van der Waals surface area contributed by atoms with E-state index in [0.717, 1.165) is 61.2 Å². The predicted octanol–water partition coefficient (Wildman–Crippen LogP) is 8.32. The van der Waals surface area contributed by atoms with Gasteiger partial charge in [0.1, 0.15) is 0 Å². The summed E-state index contributed by atoms with van der Waals surface area (Å²) >= 11 is 0. The zero-order chi connectivity index (χ0) is 28.5. The summed E-state index contributed by atoms with van der Waals surface area (Å²) in [6.45, 7) is 13.1. The highest BCUT2D eigenvalue weighted by atomic mass is 31.2. The van der Waals surface area contributed by atoms with E-state index in [-0.39, 0.29) is 19.3 Å². The highest BCUT2D eigenvalue weighted by molar-refractivity contribution is 7.46. The van der Waals surface area contributed by atoms with E-state index in [1.54, 1.807) is 5.57 Å². The maximum Gasteiger partial charge on any atom is 0.469 e. The second kappa shape index (κ2) is 15.8. The summed E-state index contributed by atoms with van der Waals surface area (Å²) in [6, 6.07) is 0. The van der Waals surface area contributed by atoms with Gasteiger partial charge in [-0.3, -0.25) is 4.52 Å². The van der Waals surface area contributed by atoms with Gasteiger partial charge in [-0.15, -0.1) is 0 Å². The van der Waals surface area contributed by atoms with Gasteiger partial charge in [-0.25, -0.2) is 4.57 Å². The number of hydrogen-bond acceptors (Lipinski definition) is 4. The minimum atomic E-state index is -4.42. The van der Waals surface area contributed by atoms with Crippen molar-refractivity contribution >= 4 is 7.82 Å². The number of phosphoric ester groups is 1. The van der Waals surface area contributed by atoms with Crippen LogP contribution >= 0.6 is 7.82 Å². The molecule has 0 spiro atoms. The van der Waals surface area contributed by atoms with Crippen LogP contribution in [0.15, 0.2) is 11.6 Å². The van der Waals surface area contributed by atoms with Crippen LogP contribution < -0.4 is 0 Å². The van der Waals surface area contributed by atoms with Gasteiger partial charge in [0.05, 0.1) is 32.5 Å². The number of ether oxygens (including phenoxy) is 2. The van der Waals surface area contributed by atoms with Gasteiger partial charge in [-0.2, -0.15) is 0 Å². The van der Waals surface area contributed by atoms with Gasteiger partial charge in [-0.1, -0.05) is 78.4 Å². The number of hydrogen-bond donors (Lipinski definition) is 2. The molecule has 2 fully saturated rings. The minimum absolute atomic E-state index is 0.114. The second-order valence-electron chi connectivity index (χ2n) is 13.6. The van der Waals surface area contributed by atoms with Crippen molar-refractivity contribution in [1.29, 1.82) is 0 Å². The fraction of sp³-hybridized carbons (Fsp3) is 0.938. The molecule has 7 atom stereocenters. The van der Waals surface area contributed by atoms with Gasteiger partial charge in [-0.05, 0) is 92.3 Å². The SMILES string of the molecule is CCCC[C@@H](CC1=CC[C@@H]2[C@H](CC[C@]3(C)[C@@H]([C@H](C)CCCC(C)C)CC[C@@H]23)C1)OCCOCCOP(=O)(O)O. The van der Waals surface area contributed by atoms with Crippen LogP contribution in [0.2, 0.25) is 0 Å². The smallest absolute Gasteiger partial charge is 0.377 e. The molecular formula is C32H59O6P. The second-order valence-corrected chi connectivity index (χ2v) is 14.9. The Balaban J connectivity index is 1.48. The van der Waals surface area contributed by atoms with Crippen LogP contribution in [0, 0.1) is 40.9 Å². The molecule has 6 nitrogen and oxygen atoms in total. The lowest BCUT2D eigenvalue weighted by Gasteiger charge is -2.51. The molecule has 0 heterocycles. The Labute approximate surface area is 239 Å². The van der Waals surface area contributed by atoms with E-state index < -0.39 is 7.82 Å². The van der Waals surface area contributed by atoms with Crippen molar-refractivity contribution in [2.24, 2.45) is 40.9 Å². The Kier molecular flexibility index (Phi) is 13.5. The van der Waals surface area contributed by atoms with E-state index in [9.17, 15) is 4.57 Å². The Hall–Kier alpha value is -0.230. The lowest BCUT2D eigenvalue weighted by atomic mass is 9.54. The third-order valence-electron chi connectivity index (χ3n) is 10.4. The maximum atomic E-state index is 10.7. The van der Waals surface area contributed by atoms with E-state index >= 15 is 0 Å². The zero-order valence-corrected chi connectivity index (χ0v) is 26.5. The van der Waals surface area contributed by atoms with Gasteiger partial charge >= 0.3 is 7.82 Å². The Morgan fingerprint density at radius 2 is 1.79 bits per heavy atom. The van der Waals surface area contributed by atoms with Gasteiger partial charge in [0, 0.05) is 0 Å². The Morgan fingerprint density at radius 3 is 2.51 bits per heavy atom. The molecule has 0 aromatic rings. The number of rotatable bonds is 18. The summed E-state index contributed by atoms with van der Waals surface area (Å²) in [6.07, 6.45) is 19.7.